The molecular weight excluding hydrogens is 330 g/mol. The maximum absolute atomic E-state index is 12.7. The molecule has 5 nitrogen and oxygen atoms in total. The summed E-state index contributed by atoms with van der Waals surface area (Å²) in [5.74, 6) is 1.99. The summed E-state index contributed by atoms with van der Waals surface area (Å²) in [5.41, 5.74) is 1.05. The normalized spacial score (nSPS) is 10.3. The lowest BCUT2D eigenvalue weighted by molar-refractivity contribution is -0.134. The molecule has 0 spiro atoms. The van der Waals surface area contributed by atoms with Gasteiger partial charge in [-0.15, -0.1) is 0 Å². The van der Waals surface area contributed by atoms with Crippen LogP contribution in [0.4, 0.5) is 0 Å². The van der Waals surface area contributed by atoms with Gasteiger partial charge in [-0.3, -0.25) is 4.79 Å². The number of nitrogens with zero attached hydrogens (tertiary/aromatic N) is 1. The summed E-state index contributed by atoms with van der Waals surface area (Å²) in [6.07, 6.45) is 1.61. The van der Waals surface area contributed by atoms with Gasteiger partial charge in [0.1, 0.15) is 17.3 Å². The van der Waals surface area contributed by atoms with Crippen LogP contribution in [0.15, 0.2) is 77.4 Å². The van der Waals surface area contributed by atoms with Crippen LogP contribution in [0.1, 0.15) is 11.3 Å². The maximum atomic E-state index is 12.7. The molecule has 3 rings (SSSR count). The van der Waals surface area contributed by atoms with E-state index in [2.05, 4.69) is 0 Å². The number of rotatable bonds is 8. The Hall–Kier alpha value is -3.21. The molecule has 26 heavy (non-hydrogen) atoms. The van der Waals surface area contributed by atoms with Gasteiger partial charge in [-0.2, -0.15) is 0 Å². The fraction of sp³-hybridized carbons (Fsp3) is 0.190. The fourth-order valence-corrected chi connectivity index (χ4v) is 2.54. The third-order valence-corrected chi connectivity index (χ3v) is 3.92. The van der Waals surface area contributed by atoms with Gasteiger partial charge < -0.3 is 18.8 Å². The van der Waals surface area contributed by atoms with E-state index in [0.717, 1.165) is 17.1 Å². The molecule has 0 saturated carbocycles. The SMILES string of the molecule is COc1ccc(OCC(=O)N(Cc2ccccc2)Cc2ccco2)cc1. The van der Waals surface area contributed by atoms with E-state index in [0.29, 0.717) is 18.8 Å². The molecule has 3 aromatic rings. The number of methoxy groups -OCH3 is 1. The summed E-state index contributed by atoms with van der Waals surface area (Å²) in [6.45, 7) is 0.846. The van der Waals surface area contributed by atoms with E-state index in [-0.39, 0.29) is 12.5 Å². The second kappa shape index (κ2) is 8.76. The summed E-state index contributed by atoms with van der Waals surface area (Å²) in [5, 5.41) is 0. The van der Waals surface area contributed by atoms with E-state index in [1.54, 1.807) is 42.5 Å². The largest absolute Gasteiger partial charge is 0.497 e. The smallest absolute Gasteiger partial charge is 0.261 e. The molecule has 0 aliphatic rings. The summed E-state index contributed by atoms with van der Waals surface area (Å²) in [4.78, 5) is 14.4. The van der Waals surface area contributed by atoms with Gasteiger partial charge in [0.15, 0.2) is 6.61 Å². The maximum Gasteiger partial charge on any atom is 0.261 e. The second-order valence-corrected chi connectivity index (χ2v) is 5.78. The Balaban J connectivity index is 1.65. The van der Waals surface area contributed by atoms with Gasteiger partial charge in [0.25, 0.3) is 5.91 Å². The average molecular weight is 351 g/mol. The third kappa shape index (κ3) is 4.89. The molecule has 0 aliphatic carbocycles. The van der Waals surface area contributed by atoms with Crippen molar-refractivity contribution in [2.45, 2.75) is 13.1 Å². The number of amides is 1. The highest BCUT2D eigenvalue weighted by atomic mass is 16.5. The number of benzene rings is 2. The van der Waals surface area contributed by atoms with Gasteiger partial charge >= 0.3 is 0 Å². The minimum absolute atomic E-state index is 0.0418. The Morgan fingerprint density at radius 1 is 0.923 bits per heavy atom. The fourth-order valence-electron chi connectivity index (χ4n) is 2.54. The Bertz CT molecular complexity index is 798. The van der Waals surface area contributed by atoms with Crippen LogP contribution in [0.5, 0.6) is 11.5 Å². The van der Waals surface area contributed by atoms with Crippen molar-refractivity contribution < 1.29 is 18.7 Å². The summed E-state index contributed by atoms with van der Waals surface area (Å²) < 4.78 is 16.1. The van der Waals surface area contributed by atoms with Crippen LogP contribution in [0, 0.1) is 0 Å². The second-order valence-electron chi connectivity index (χ2n) is 5.78. The van der Waals surface area contributed by atoms with Crippen molar-refractivity contribution in [3.8, 4) is 11.5 Å². The Morgan fingerprint density at radius 2 is 1.65 bits per heavy atom. The molecule has 0 saturated heterocycles. The van der Waals surface area contributed by atoms with Crippen molar-refractivity contribution in [3.05, 3.63) is 84.3 Å². The lowest BCUT2D eigenvalue weighted by atomic mass is 10.2. The zero-order valence-corrected chi connectivity index (χ0v) is 14.6. The van der Waals surface area contributed by atoms with Crippen molar-refractivity contribution in [1.82, 2.24) is 4.90 Å². The highest BCUT2D eigenvalue weighted by Gasteiger charge is 2.16. The Morgan fingerprint density at radius 3 is 2.31 bits per heavy atom. The first kappa shape index (κ1) is 17.6. The molecule has 0 N–H and O–H groups in total. The summed E-state index contributed by atoms with van der Waals surface area (Å²) in [6, 6.07) is 20.7. The number of ether oxygens (including phenoxy) is 2. The molecule has 1 heterocycles. The number of hydrogen-bond donors (Lipinski definition) is 0. The van der Waals surface area contributed by atoms with Crippen LogP contribution in [0.25, 0.3) is 0 Å². The summed E-state index contributed by atoms with van der Waals surface area (Å²) in [7, 11) is 1.61. The molecule has 5 heteroatoms. The Labute approximate surface area is 152 Å². The quantitative estimate of drug-likeness (QED) is 0.618. The standard InChI is InChI=1S/C21H21NO4/c1-24-18-9-11-19(12-10-18)26-16-21(23)22(15-20-8-5-13-25-20)14-17-6-3-2-4-7-17/h2-13H,14-16H2,1H3. The predicted octanol–water partition coefficient (Wildman–Crippen LogP) is 3.90. The zero-order valence-electron chi connectivity index (χ0n) is 14.6. The van der Waals surface area contributed by atoms with Crippen molar-refractivity contribution >= 4 is 5.91 Å². The summed E-state index contributed by atoms with van der Waals surface area (Å²) >= 11 is 0. The van der Waals surface area contributed by atoms with E-state index < -0.39 is 0 Å². The molecule has 1 aromatic heterocycles. The van der Waals surface area contributed by atoms with Crippen LogP contribution >= 0.6 is 0 Å². The highest BCUT2D eigenvalue weighted by molar-refractivity contribution is 5.77. The third-order valence-electron chi connectivity index (χ3n) is 3.92. The lowest BCUT2D eigenvalue weighted by Gasteiger charge is -2.22. The van der Waals surface area contributed by atoms with Crippen LogP contribution in [0.3, 0.4) is 0 Å². The first-order chi connectivity index (χ1) is 12.7. The van der Waals surface area contributed by atoms with Gasteiger partial charge in [0.05, 0.1) is 19.9 Å². The van der Waals surface area contributed by atoms with Crippen LogP contribution < -0.4 is 9.47 Å². The first-order valence-electron chi connectivity index (χ1n) is 8.35. The molecule has 0 atom stereocenters. The molecular formula is C21H21NO4. The molecule has 134 valence electrons. The van der Waals surface area contributed by atoms with Crippen LogP contribution in [-0.4, -0.2) is 24.5 Å². The Kier molecular flexibility index (Phi) is 5.93. The van der Waals surface area contributed by atoms with Gasteiger partial charge in [-0.1, -0.05) is 30.3 Å². The van der Waals surface area contributed by atoms with Gasteiger partial charge in [0, 0.05) is 6.54 Å². The molecule has 0 aliphatic heterocycles. The zero-order chi connectivity index (χ0) is 18.2. The molecule has 0 radical (unpaired) electrons. The van der Waals surface area contributed by atoms with E-state index >= 15 is 0 Å². The predicted molar refractivity (Wildman–Crippen MR) is 97.9 cm³/mol. The first-order valence-corrected chi connectivity index (χ1v) is 8.35. The van der Waals surface area contributed by atoms with E-state index in [4.69, 9.17) is 13.9 Å². The van der Waals surface area contributed by atoms with Crippen LogP contribution in [0.2, 0.25) is 0 Å². The highest BCUT2D eigenvalue weighted by Crippen LogP contribution is 2.17. The average Bonchev–Trinajstić information content (AvgIpc) is 3.20. The van der Waals surface area contributed by atoms with Crippen molar-refractivity contribution in [3.63, 3.8) is 0 Å². The minimum atomic E-state index is -0.110. The lowest BCUT2D eigenvalue weighted by Crippen LogP contribution is -2.34. The molecule has 0 fully saturated rings. The molecule has 0 bridgehead atoms. The van der Waals surface area contributed by atoms with Crippen LogP contribution in [-0.2, 0) is 17.9 Å². The molecule has 2 aromatic carbocycles. The van der Waals surface area contributed by atoms with Crippen molar-refractivity contribution in [2.75, 3.05) is 13.7 Å². The van der Waals surface area contributed by atoms with Crippen molar-refractivity contribution in [1.29, 1.82) is 0 Å². The molecule has 0 unspecified atom stereocenters. The van der Waals surface area contributed by atoms with Crippen molar-refractivity contribution in [2.24, 2.45) is 0 Å². The number of carbonyl (C=O) groups is 1. The van der Waals surface area contributed by atoms with Gasteiger partial charge in [0.2, 0.25) is 0 Å². The topological polar surface area (TPSA) is 51.9 Å². The van der Waals surface area contributed by atoms with E-state index in [1.807, 2.05) is 42.5 Å². The number of furan rings is 1. The van der Waals surface area contributed by atoms with Gasteiger partial charge in [-0.25, -0.2) is 0 Å². The number of hydrogen-bond acceptors (Lipinski definition) is 4. The van der Waals surface area contributed by atoms with E-state index in [1.165, 1.54) is 0 Å². The molecule has 1 amide bonds. The monoisotopic (exact) mass is 351 g/mol. The van der Waals surface area contributed by atoms with Gasteiger partial charge in [-0.05, 0) is 42.0 Å². The van der Waals surface area contributed by atoms with E-state index in [9.17, 15) is 4.79 Å². The number of carbonyl (C=O) groups excluding carboxylic acids is 1. The minimum Gasteiger partial charge on any atom is -0.497 e.